The Kier molecular flexibility index (Phi) is 2.41. The number of hydrogen-bond donors (Lipinski definition) is 1. The van der Waals surface area contributed by atoms with Crippen LogP contribution in [0.4, 0.5) is 0 Å². The summed E-state index contributed by atoms with van der Waals surface area (Å²) in [6, 6.07) is 0. The minimum absolute atomic E-state index is 0.0652. The highest BCUT2D eigenvalue weighted by atomic mass is 16.5. The van der Waals surface area contributed by atoms with E-state index in [9.17, 15) is 9.59 Å². The number of piperidine rings is 1. The summed E-state index contributed by atoms with van der Waals surface area (Å²) >= 11 is 0. The molecule has 1 fully saturated rings. The average Bonchev–Trinajstić information content (AvgIpc) is 2.04. The number of ether oxygens (including phenoxy) is 1. The molecule has 4 heteroatoms. The normalized spacial score (nSPS) is 24.3. The second-order valence-corrected chi connectivity index (χ2v) is 2.27. The van der Waals surface area contributed by atoms with Crippen LogP contribution in [0.1, 0.15) is 6.42 Å². The van der Waals surface area contributed by atoms with Gasteiger partial charge in [0.15, 0.2) is 11.9 Å². The lowest BCUT2D eigenvalue weighted by molar-refractivity contribution is -0.128. The van der Waals surface area contributed by atoms with E-state index < -0.39 is 6.10 Å². The van der Waals surface area contributed by atoms with Gasteiger partial charge in [-0.2, -0.15) is 0 Å². The zero-order valence-corrected chi connectivity index (χ0v) is 6.22. The number of nitrogens with one attached hydrogen (secondary N) is 1. The van der Waals surface area contributed by atoms with Crippen molar-refractivity contribution in [2.24, 2.45) is 0 Å². The van der Waals surface area contributed by atoms with Gasteiger partial charge in [-0.25, -0.2) is 4.79 Å². The summed E-state index contributed by atoms with van der Waals surface area (Å²) in [5.41, 5.74) is 0.212. The fourth-order valence-corrected chi connectivity index (χ4v) is 1.04. The maximum atomic E-state index is 11.0. The van der Waals surface area contributed by atoms with Crippen LogP contribution in [-0.2, 0) is 14.3 Å². The van der Waals surface area contributed by atoms with E-state index in [-0.39, 0.29) is 11.5 Å². The first-order valence-corrected chi connectivity index (χ1v) is 3.34. The SMILES string of the molecule is COC1C(=O)CCNC1=C=O. The van der Waals surface area contributed by atoms with E-state index in [2.05, 4.69) is 5.32 Å². The molecular weight excluding hydrogens is 146 g/mol. The third-order valence-corrected chi connectivity index (χ3v) is 1.59. The average molecular weight is 155 g/mol. The fraction of sp³-hybridized carbons (Fsp3) is 0.571. The van der Waals surface area contributed by atoms with Crippen LogP contribution in [0.3, 0.4) is 0 Å². The molecule has 0 radical (unpaired) electrons. The lowest BCUT2D eigenvalue weighted by Crippen LogP contribution is -2.40. The zero-order chi connectivity index (χ0) is 8.27. The van der Waals surface area contributed by atoms with Crippen molar-refractivity contribution in [3.8, 4) is 0 Å². The number of Topliss-reactive ketones (excluding diaryl/α,β-unsaturated/α-hetero) is 1. The number of rotatable bonds is 1. The van der Waals surface area contributed by atoms with Gasteiger partial charge in [0.2, 0.25) is 0 Å². The second-order valence-electron chi connectivity index (χ2n) is 2.27. The first kappa shape index (κ1) is 7.98. The number of methoxy groups -OCH3 is 1. The van der Waals surface area contributed by atoms with E-state index in [1.165, 1.54) is 7.11 Å². The Morgan fingerprint density at radius 3 is 2.91 bits per heavy atom. The Bertz CT molecular complexity index is 218. The van der Waals surface area contributed by atoms with Crippen LogP contribution >= 0.6 is 0 Å². The summed E-state index contributed by atoms with van der Waals surface area (Å²) in [4.78, 5) is 21.2. The fourth-order valence-electron chi connectivity index (χ4n) is 1.04. The van der Waals surface area contributed by atoms with Crippen LogP contribution in [0, 0.1) is 0 Å². The summed E-state index contributed by atoms with van der Waals surface area (Å²) in [6.45, 7) is 0.503. The highest BCUT2D eigenvalue weighted by Gasteiger charge is 2.27. The molecule has 11 heavy (non-hydrogen) atoms. The van der Waals surface area contributed by atoms with Gasteiger partial charge in [-0.1, -0.05) is 0 Å². The predicted octanol–water partition coefficient (Wildman–Crippen LogP) is -0.721. The van der Waals surface area contributed by atoms with Crippen molar-refractivity contribution in [1.82, 2.24) is 5.32 Å². The second kappa shape index (κ2) is 3.32. The first-order chi connectivity index (χ1) is 5.29. The minimum Gasteiger partial charge on any atom is -0.376 e. The molecule has 0 aliphatic carbocycles. The van der Waals surface area contributed by atoms with Crippen LogP contribution in [0.5, 0.6) is 0 Å². The van der Waals surface area contributed by atoms with Crippen molar-refractivity contribution in [1.29, 1.82) is 0 Å². The van der Waals surface area contributed by atoms with Crippen molar-refractivity contribution < 1.29 is 14.3 Å². The summed E-state index contributed by atoms with van der Waals surface area (Å²) in [5.74, 6) is 1.58. The molecule has 60 valence electrons. The third kappa shape index (κ3) is 1.48. The minimum atomic E-state index is -0.721. The van der Waals surface area contributed by atoms with Gasteiger partial charge in [-0.15, -0.1) is 0 Å². The summed E-state index contributed by atoms with van der Waals surface area (Å²) < 4.78 is 4.80. The molecule has 0 aromatic carbocycles. The van der Waals surface area contributed by atoms with Gasteiger partial charge in [-0.05, 0) is 0 Å². The van der Waals surface area contributed by atoms with E-state index in [0.717, 1.165) is 0 Å². The van der Waals surface area contributed by atoms with Crippen molar-refractivity contribution in [2.45, 2.75) is 12.5 Å². The lowest BCUT2D eigenvalue weighted by atomic mass is 10.1. The lowest BCUT2D eigenvalue weighted by Gasteiger charge is -2.21. The highest BCUT2D eigenvalue weighted by molar-refractivity contribution is 5.89. The number of carbonyl (C=O) groups is 1. The standard InChI is InChI=1S/C7H9NO3/c1-11-7-5(4-9)8-3-2-6(7)10/h7-8H,2-3H2,1H3. The molecule has 0 aromatic rings. The Hall–Kier alpha value is -1.12. The van der Waals surface area contributed by atoms with Crippen LogP contribution in [0.25, 0.3) is 0 Å². The van der Waals surface area contributed by atoms with Gasteiger partial charge >= 0.3 is 0 Å². The van der Waals surface area contributed by atoms with Crippen LogP contribution < -0.4 is 5.32 Å². The molecule has 0 saturated carbocycles. The molecule has 1 aliphatic heterocycles. The van der Waals surface area contributed by atoms with Crippen molar-refractivity contribution >= 4 is 11.7 Å². The molecule has 1 rings (SSSR count). The molecule has 1 N–H and O–H groups in total. The number of hydrogen-bond acceptors (Lipinski definition) is 4. The Morgan fingerprint density at radius 2 is 2.45 bits per heavy atom. The van der Waals surface area contributed by atoms with Gasteiger partial charge < -0.3 is 10.1 Å². The quantitative estimate of drug-likeness (QED) is 0.508. The Morgan fingerprint density at radius 1 is 1.73 bits per heavy atom. The predicted molar refractivity (Wildman–Crippen MR) is 37.6 cm³/mol. The van der Waals surface area contributed by atoms with Crippen molar-refractivity contribution in [2.75, 3.05) is 13.7 Å². The van der Waals surface area contributed by atoms with E-state index in [4.69, 9.17) is 4.74 Å². The first-order valence-electron chi connectivity index (χ1n) is 3.34. The Labute approximate surface area is 64.2 Å². The van der Waals surface area contributed by atoms with Crippen molar-refractivity contribution in [3.63, 3.8) is 0 Å². The monoisotopic (exact) mass is 155 g/mol. The molecule has 1 heterocycles. The molecule has 1 atom stereocenters. The van der Waals surface area contributed by atoms with E-state index in [0.29, 0.717) is 13.0 Å². The van der Waals surface area contributed by atoms with Gasteiger partial charge in [0, 0.05) is 20.1 Å². The maximum absolute atomic E-state index is 11.0. The van der Waals surface area contributed by atoms with Gasteiger partial charge in [-0.3, -0.25) is 4.79 Å². The van der Waals surface area contributed by atoms with E-state index in [1.54, 1.807) is 5.94 Å². The smallest absolute Gasteiger partial charge is 0.170 e. The summed E-state index contributed by atoms with van der Waals surface area (Å²) in [7, 11) is 1.40. The summed E-state index contributed by atoms with van der Waals surface area (Å²) in [5, 5.41) is 2.75. The maximum Gasteiger partial charge on any atom is 0.170 e. The van der Waals surface area contributed by atoms with Gasteiger partial charge in [0.25, 0.3) is 0 Å². The highest BCUT2D eigenvalue weighted by Crippen LogP contribution is 2.08. The molecule has 0 spiro atoms. The van der Waals surface area contributed by atoms with Crippen LogP contribution in [-0.4, -0.2) is 31.5 Å². The van der Waals surface area contributed by atoms with E-state index >= 15 is 0 Å². The number of carbonyl (C=O) groups excluding carboxylic acids is 2. The zero-order valence-electron chi connectivity index (χ0n) is 6.22. The number of ketones is 1. The molecule has 1 aliphatic rings. The molecule has 0 bridgehead atoms. The third-order valence-electron chi connectivity index (χ3n) is 1.59. The molecule has 1 saturated heterocycles. The summed E-state index contributed by atoms with van der Waals surface area (Å²) in [6.07, 6.45) is -0.315. The molecule has 0 amide bonds. The van der Waals surface area contributed by atoms with Gasteiger partial charge in [0.05, 0.1) is 0 Å². The van der Waals surface area contributed by atoms with Crippen molar-refractivity contribution in [3.05, 3.63) is 5.70 Å². The molecule has 1 unspecified atom stereocenters. The van der Waals surface area contributed by atoms with E-state index in [1.807, 2.05) is 0 Å². The van der Waals surface area contributed by atoms with Crippen LogP contribution in [0.15, 0.2) is 5.70 Å². The molecule has 0 aromatic heterocycles. The largest absolute Gasteiger partial charge is 0.376 e. The van der Waals surface area contributed by atoms with Crippen LogP contribution in [0.2, 0.25) is 0 Å². The topological polar surface area (TPSA) is 55.4 Å². The Balaban J connectivity index is 2.80. The van der Waals surface area contributed by atoms with Gasteiger partial charge in [0.1, 0.15) is 11.6 Å². The molecule has 4 nitrogen and oxygen atoms in total. The molecular formula is C7H9NO3.